The molecule has 0 spiro atoms. The van der Waals surface area contributed by atoms with Gasteiger partial charge < -0.3 is 4.52 Å². The smallest absolute Gasteiger partial charge is 0.250 e. The Hall–Kier alpha value is -3.06. The van der Waals surface area contributed by atoms with E-state index in [1.165, 1.54) is 4.80 Å². The van der Waals surface area contributed by atoms with Gasteiger partial charge in [0.25, 0.3) is 5.89 Å². The van der Waals surface area contributed by atoms with Gasteiger partial charge in [0, 0.05) is 11.1 Å². The van der Waals surface area contributed by atoms with Crippen molar-refractivity contribution in [3.05, 3.63) is 65.0 Å². The highest BCUT2D eigenvalue weighted by Gasteiger charge is 2.14. The summed E-state index contributed by atoms with van der Waals surface area (Å²) in [5.74, 6) is 1.39. The van der Waals surface area contributed by atoms with Gasteiger partial charge in [-0.05, 0) is 29.8 Å². The van der Waals surface area contributed by atoms with Crippen LogP contribution in [0, 0.1) is 6.92 Å². The summed E-state index contributed by atoms with van der Waals surface area (Å²) in [7, 11) is 0. The Bertz CT molecular complexity index is 943. The van der Waals surface area contributed by atoms with Crippen LogP contribution >= 0.6 is 11.6 Å². The maximum atomic E-state index is 6.16. The Labute approximate surface area is 148 Å². The third kappa shape index (κ3) is 3.14. The second kappa shape index (κ2) is 6.45. The van der Waals surface area contributed by atoms with Crippen LogP contribution in [0.5, 0.6) is 0 Å². The van der Waals surface area contributed by atoms with Crippen molar-refractivity contribution in [3.63, 3.8) is 0 Å². The molecule has 25 heavy (non-hydrogen) atoms. The molecule has 0 atom stereocenters. The van der Waals surface area contributed by atoms with E-state index in [-0.39, 0.29) is 6.54 Å². The van der Waals surface area contributed by atoms with Crippen LogP contribution in [0.1, 0.15) is 11.5 Å². The van der Waals surface area contributed by atoms with E-state index in [9.17, 15) is 0 Å². The van der Waals surface area contributed by atoms with Gasteiger partial charge in [-0.1, -0.05) is 53.2 Å². The van der Waals surface area contributed by atoms with Crippen molar-refractivity contribution in [3.8, 4) is 22.8 Å². The summed E-state index contributed by atoms with van der Waals surface area (Å²) < 4.78 is 5.30. The molecule has 2 aromatic heterocycles. The Kier molecular flexibility index (Phi) is 3.99. The van der Waals surface area contributed by atoms with E-state index >= 15 is 0 Å². The molecule has 2 heterocycles. The van der Waals surface area contributed by atoms with Gasteiger partial charge in [-0.2, -0.15) is 9.78 Å². The summed E-state index contributed by atoms with van der Waals surface area (Å²) in [6.45, 7) is 2.23. The van der Waals surface area contributed by atoms with E-state index in [4.69, 9.17) is 16.1 Å². The van der Waals surface area contributed by atoms with Crippen LogP contribution in [0.25, 0.3) is 22.8 Å². The molecule has 0 saturated heterocycles. The summed E-state index contributed by atoms with van der Waals surface area (Å²) in [6.07, 6.45) is 0. The van der Waals surface area contributed by atoms with E-state index in [2.05, 4.69) is 25.6 Å². The maximum absolute atomic E-state index is 6.16. The standard InChI is InChI=1S/C17H13ClN6O/c1-11-6-2-3-7-12(11)16-19-15(25-22-16)10-24-21-17(20-23-24)13-8-4-5-9-14(13)18/h2-9H,10H2,1H3. The van der Waals surface area contributed by atoms with E-state index in [1.807, 2.05) is 49.4 Å². The largest absolute Gasteiger partial charge is 0.337 e. The third-order valence-electron chi connectivity index (χ3n) is 3.70. The Morgan fingerprint density at radius 1 is 1.00 bits per heavy atom. The highest BCUT2D eigenvalue weighted by atomic mass is 35.5. The first-order valence-electron chi connectivity index (χ1n) is 7.62. The molecular formula is C17H13ClN6O. The molecule has 0 aliphatic carbocycles. The van der Waals surface area contributed by atoms with Crippen LogP contribution in [-0.2, 0) is 6.54 Å². The molecule has 7 nitrogen and oxygen atoms in total. The first kappa shape index (κ1) is 15.5. The number of aromatic nitrogens is 6. The number of halogens is 1. The lowest BCUT2D eigenvalue weighted by atomic mass is 10.1. The highest BCUT2D eigenvalue weighted by molar-refractivity contribution is 6.33. The summed E-state index contributed by atoms with van der Waals surface area (Å²) in [5.41, 5.74) is 2.73. The minimum absolute atomic E-state index is 0.232. The van der Waals surface area contributed by atoms with Crippen molar-refractivity contribution >= 4 is 11.6 Å². The second-order valence-corrected chi connectivity index (χ2v) is 5.86. The number of rotatable bonds is 4. The molecule has 0 amide bonds. The minimum Gasteiger partial charge on any atom is -0.337 e. The van der Waals surface area contributed by atoms with Crippen LogP contribution in [0.2, 0.25) is 5.02 Å². The Morgan fingerprint density at radius 3 is 2.56 bits per heavy atom. The first-order valence-corrected chi connectivity index (χ1v) is 8.00. The molecule has 0 aliphatic heterocycles. The molecule has 0 saturated carbocycles. The van der Waals surface area contributed by atoms with Crippen LogP contribution in [0.15, 0.2) is 53.1 Å². The molecule has 0 unspecified atom stereocenters. The average Bonchev–Trinajstić information content (AvgIpc) is 3.26. The number of aryl methyl sites for hydroxylation is 1. The molecule has 4 rings (SSSR count). The Balaban J connectivity index is 1.56. The fourth-order valence-electron chi connectivity index (χ4n) is 2.43. The van der Waals surface area contributed by atoms with Crippen LogP contribution < -0.4 is 0 Å². The number of hydrogen-bond acceptors (Lipinski definition) is 6. The number of hydrogen-bond donors (Lipinski definition) is 0. The zero-order valence-electron chi connectivity index (χ0n) is 13.3. The zero-order chi connectivity index (χ0) is 17.2. The zero-order valence-corrected chi connectivity index (χ0v) is 14.1. The van der Waals surface area contributed by atoms with E-state index in [0.717, 1.165) is 16.7 Å². The summed E-state index contributed by atoms with van der Waals surface area (Å²) in [6, 6.07) is 15.2. The van der Waals surface area contributed by atoms with E-state index in [0.29, 0.717) is 22.6 Å². The van der Waals surface area contributed by atoms with Crippen LogP contribution in [-0.4, -0.2) is 30.3 Å². The van der Waals surface area contributed by atoms with Gasteiger partial charge in [-0.15, -0.1) is 10.2 Å². The van der Waals surface area contributed by atoms with Gasteiger partial charge >= 0.3 is 0 Å². The lowest BCUT2D eigenvalue weighted by molar-refractivity contribution is 0.356. The van der Waals surface area contributed by atoms with Crippen molar-refractivity contribution in [1.29, 1.82) is 0 Å². The van der Waals surface area contributed by atoms with Crippen LogP contribution in [0.3, 0.4) is 0 Å². The molecule has 0 bridgehead atoms. The summed E-state index contributed by atoms with van der Waals surface area (Å²) in [4.78, 5) is 5.80. The summed E-state index contributed by atoms with van der Waals surface area (Å²) in [5, 5.41) is 17.0. The van der Waals surface area contributed by atoms with Crippen molar-refractivity contribution < 1.29 is 4.52 Å². The molecule has 2 aromatic carbocycles. The van der Waals surface area contributed by atoms with Gasteiger partial charge in [0.1, 0.15) is 6.54 Å². The van der Waals surface area contributed by atoms with Crippen molar-refractivity contribution in [1.82, 2.24) is 30.3 Å². The van der Waals surface area contributed by atoms with Gasteiger partial charge in [-0.25, -0.2) is 0 Å². The third-order valence-corrected chi connectivity index (χ3v) is 4.03. The van der Waals surface area contributed by atoms with Gasteiger partial charge in [-0.3, -0.25) is 0 Å². The number of nitrogens with zero attached hydrogens (tertiary/aromatic N) is 6. The lowest BCUT2D eigenvalue weighted by Crippen LogP contribution is -2.04. The highest BCUT2D eigenvalue weighted by Crippen LogP contribution is 2.24. The van der Waals surface area contributed by atoms with Crippen LogP contribution in [0.4, 0.5) is 0 Å². The van der Waals surface area contributed by atoms with Crippen molar-refractivity contribution in [2.45, 2.75) is 13.5 Å². The molecule has 124 valence electrons. The van der Waals surface area contributed by atoms with Crippen molar-refractivity contribution in [2.75, 3.05) is 0 Å². The average molecular weight is 353 g/mol. The molecular weight excluding hydrogens is 340 g/mol. The first-order chi connectivity index (χ1) is 12.2. The van der Waals surface area contributed by atoms with Gasteiger partial charge in [0.05, 0.1) is 5.02 Å². The molecule has 0 fully saturated rings. The quantitative estimate of drug-likeness (QED) is 0.559. The summed E-state index contributed by atoms with van der Waals surface area (Å²) >= 11 is 6.16. The van der Waals surface area contributed by atoms with E-state index < -0.39 is 0 Å². The van der Waals surface area contributed by atoms with Gasteiger partial charge in [0.2, 0.25) is 11.6 Å². The Morgan fingerprint density at radius 2 is 1.76 bits per heavy atom. The minimum atomic E-state index is 0.232. The normalized spacial score (nSPS) is 11.0. The van der Waals surface area contributed by atoms with Gasteiger partial charge in [0.15, 0.2) is 0 Å². The molecule has 0 N–H and O–H groups in total. The lowest BCUT2D eigenvalue weighted by Gasteiger charge is -1.98. The monoisotopic (exact) mass is 352 g/mol. The maximum Gasteiger partial charge on any atom is 0.250 e. The molecule has 8 heteroatoms. The number of benzene rings is 2. The predicted molar refractivity (Wildman–Crippen MR) is 91.8 cm³/mol. The molecule has 0 radical (unpaired) electrons. The fourth-order valence-corrected chi connectivity index (χ4v) is 2.65. The van der Waals surface area contributed by atoms with E-state index in [1.54, 1.807) is 6.07 Å². The second-order valence-electron chi connectivity index (χ2n) is 5.45. The predicted octanol–water partition coefficient (Wildman–Crippen LogP) is 3.40. The SMILES string of the molecule is Cc1ccccc1-c1noc(Cn2nnc(-c3ccccc3Cl)n2)n1. The molecule has 4 aromatic rings. The number of tetrazole rings is 1. The fraction of sp³-hybridized carbons (Fsp3) is 0.118. The topological polar surface area (TPSA) is 82.5 Å². The van der Waals surface area contributed by atoms with Crippen molar-refractivity contribution in [2.24, 2.45) is 0 Å². The molecule has 0 aliphatic rings.